The SMILES string of the molecule is CCC(CCC1CCCC(O)C1)OC. The zero-order chi connectivity index (χ0) is 10.4. The van der Waals surface area contributed by atoms with Crippen molar-refractivity contribution in [3.05, 3.63) is 0 Å². The molecule has 0 heterocycles. The predicted octanol–water partition coefficient (Wildman–Crippen LogP) is 2.74. The van der Waals surface area contributed by atoms with Crippen molar-refractivity contribution in [1.82, 2.24) is 0 Å². The summed E-state index contributed by atoms with van der Waals surface area (Å²) in [4.78, 5) is 0. The van der Waals surface area contributed by atoms with Crippen LogP contribution in [0.2, 0.25) is 0 Å². The molecule has 14 heavy (non-hydrogen) atoms. The van der Waals surface area contributed by atoms with Gasteiger partial charge in [-0.15, -0.1) is 0 Å². The molecule has 84 valence electrons. The number of ether oxygens (including phenoxy) is 1. The lowest BCUT2D eigenvalue weighted by atomic mass is 9.84. The van der Waals surface area contributed by atoms with E-state index in [0.717, 1.165) is 31.6 Å². The number of rotatable bonds is 5. The maximum Gasteiger partial charge on any atom is 0.0568 e. The zero-order valence-corrected chi connectivity index (χ0v) is 9.54. The lowest BCUT2D eigenvalue weighted by Crippen LogP contribution is -2.21. The molecule has 1 aliphatic carbocycles. The van der Waals surface area contributed by atoms with Crippen molar-refractivity contribution in [3.63, 3.8) is 0 Å². The molecule has 0 aliphatic heterocycles. The fourth-order valence-electron chi connectivity index (χ4n) is 2.44. The van der Waals surface area contributed by atoms with E-state index in [1.807, 2.05) is 0 Å². The van der Waals surface area contributed by atoms with Crippen molar-refractivity contribution in [3.8, 4) is 0 Å². The van der Waals surface area contributed by atoms with Crippen molar-refractivity contribution in [1.29, 1.82) is 0 Å². The molecule has 1 fully saturated rings. The van der Waals surface area contributed by atoms with Gasteiger partial charge in [-0.05, 0) is 38.0 Å². The van der Waals surface area contributed by atoms with Crippen molar-refractivity contribution < 1.29 is 9.84 Å². The van der Waals surface area contributed by atoms with Crippen molar-refractivity contribution in [2.24, 2.45) is 5.92 Å². The second kappa shape index (κ2) is 6.41. The summed E-state index contributed by atoms with van der Waals surface area (Å²) in [6, 6.07) is 0. The zero-order valence-electron chi connectivity index (χ0n) is 9.54. The minimum Gasteiger partial charge on any atom is -0.393 e. The molecule has 3 unspecified atom stereocenters. The smallest absolute Gasteiger partial charge is 0.0568 e. The fourth-order valence-corrected chi connectivity index (χ4v) is 2.44. The normalized spacial score (nSPS) is 30.2. The molecule has 0 aromatic rings. The van der Waals surface area contributed by atoms with E-state index in [1.165, 1.54) is 19.3 Å². The Morgan fingerprint density at radius 2 is 2.21 bits per heavy atom. The van der Waals surface area contributed by atoms with E-state index in [-0.39, 0.29) is 6.10 Å². The summed E-state index contributed by atoms with van der Waals surface area (Å²) < 4.78 is 5.35. The first-order valence-corrected chi connectivity index (χ1v) is 5.97. The van der Waals surface area contributed by atoms with Crippen LogP contribution in [0.3, 0.4) is 0 Å². The number of hydrogen-bond donors (Lipinski definition) is 1. The molecule has 2 heteroatoms. The van der Waals surface area contributed by atoms with E-state index >= 15 is 0 Å². The maximum absolute atomic E-state index is 9.53. The molecule has 0 bridgehead atoms. The summed E-state index contributed by atoms with van der Waals surface area (Å²) in [5.41, 5.74) is 0. The molecule has 0 aromatic carbocycles. The summed E-state index contributed by atoms with van der Waals surface area (Å²) in [5.74, 6) is 0.739. The van der Waals surface area contributed by atoms with Gasteiger partial charge >= 0.3 is 0 Å². The molecule has 2 nitrogen and oxygen atoms in total. The molecule has 3 atom stereocenters. The Morgan fingerprint density at radius 1 is 1.43 bits per heavy atom. The van der Waals surface area contributed by atoms with Crippen LogP contribution < -0.4 is 0 Å². The van der Waals surface area contributed by atoms with Gasteiger partial charge in [0, 0.05) is 7.11 Å². The first kappa shape index (κ1) is 12.0. The predicted molar refractivity (Wildman–Crippen MR) is 58.3 cm³/mol. The minimum atomic E-state index is -0.0311. The van der Waals surface area contributed by atoms with Gasteiger partial charge in [0.15, 0.2) is 0 Å². The monoisotopic (exact) mass is 200 g/mol. The average molecular weight is 200 g/mol. The number of aliphatic hydroxyl groups excluding tert-OH is 1. The van der Waals surface area contributed by atoms with Crippen LogP contribution in [0.4, 0.5) is 0 Å². The molecule has 0 radical (unpaired) electrons. The van der Waals surface area contributed by atoms with Gasteiger partial charge in [0.25, 0.3) is 0 Å². The Bertz CT molecular complexity index is 143. The Labute approximate surface area is 87.7 Å². The van der Waals surface area contributed by atoms with Crippen molar-refractivity contribution in [2.75, 3.05) is 7.11 Å². The van der Waals surface area contributed by atoms with E-state index in [4.69, 9.17) is 4.74 Å². The van der Waals surface area contributed by atoms with Crippen LogP contribution in [0.15, 0.2) is 0 Å². The van der Waals surface area contributed by atoms with Crippen LogP contribution in [0.1, 0.15) is 51.9 Å². The molecule has 1 aliphatic rings. The number of methoxy groups -OCH3 is 1. The van der Waals surface area contributed by atoms with E-state index in [0.29, 0.717) is 6.10 Å². The summed E-state index contributed by atoms with van der Waals surface area (Å²) in [5, 5.41) is 9.53. The minimum absolute atomic E-state index is 0.0311. The van der Waals surface area contributed by atoms with Crippen LogP contribution in [0, 0.1) is 5.92 Å². The third-order valence-electron chi connectivity index (χ3n) is 3.44. The topological polar surface area (TPSA) is 29.5 Å². The highest BCUT2D eigenvalue weighted by atomic mass is 16.5. The van der Waals surface area contributed by atoms with Crippen molar-refractivity contribution in [2.45, 2.75) is 64.1 Å². The third-order valence-corrected chi connectivity index (χ3v) is 3.44. The summed E-state index contributed by atoms with van der Waals surface area (Å²) >= 11 is 0. The summed E-state index contributed by atoms with van der Waals surface area (Å²) in [7, 11) is 1.80. The summed E-state index contributed by atoms with van der Waals surface area (Å²) in [6.45, 7) is 2.17. The highest BCUT2D eigenvalue weighted by Crippen LogP contribution is 2.28. The van der Waals surface area contributed by atoms with Gasteiger partial charge in [0.1, 0.15) is 0 Å². The van der Waals surface area contributed by atoms with Gasteiger partial charge in [0.2, 0.25) is 0 Å². The molecular formula is C12H24O2. The van der Waals surface area contributed by atoms with Gasteiger partial charge in [-0.2, -0.15) is 0 Å². The standard InChI is InChI=1S/C12H24O2/c1-3-12(14-2)8-7-10-5-4-6-11(13)9-10/h10-13H,3-9H2,1-2H3. The molecular weight excluding hydrogens is 176 g/mol. The molecule has 1 rings (SSSR count). The lowest BCUT2D eigenvalue weighted by molar-refractivity contribution is 0.0673. The average Bonchev–Trinajstić information content (AvgIpc) is 2.19. The van der Waals surface area contributed by atoms with Gasteiger partial charge in [0.05, 0.1) is 12.2 Å². The van der Waals surface area contributed by atoms with E-state index in [2.05, 4.69) is 6.92 Å². The van der Waals surface area contributed by atoms with Gasteiger partial charge < -0.3 is 9.84 Å². The Balaban J connectivity index is 2.16. The van der Waals surface area contributed by atoms with Gasteiger partial charge in [-0.1, -0.05) is 19.8 Å². The maximum atomic E-state index is 9.53. The van der Waals surface area contributed by atoms with Crippen LogP contribution in [-0.2, 0) is 4.74 Å². The first-order chi connectivity index (χ1) is 6.76. The second-order valence-electron chi connectivity index (χ2n) is 4.53. The van der Waals surface area contributed by atoms with Crippen LogP contribution >= 0.6 is 0 Å². The quantitative estimate of drug-likeness (QED) is 0.739. The number of aliphatic hydroxyl groups is 1. The van der Waals surface area contributed by atoms with Crippen LogP contribution in [0.5, 0.6) is 0 Å². The van der Waals surface area contributed by atoms with Crippen LogP contribution in [0.25, 0.3) is 0 Å². The molecule has 0 amide bonds. The molecule has 0 saturated heterocycles. The van der Waals surface area contributed by atoms with E-state index < -0.39 is 0 Å². The van der Waals surface area contributed by atoms with Gasteiger partial charge in [-0.25, -0.2) is 0 Å². The first-order valence-electron chi connectivity index (χ1n) is 5.97. The van der Waals surface area contributed by atoms with Gasteiger partial charge in [-0.3, -0.25) is 0 Å². The van der Waals surface area contributed by atoms with Crippen LogP contribution in [-0.4, -0.2) is 24.4 Å². The van der Waals surface area contributed by atoms with Crippen molar-refractivity contribution >= 4 is 0 Å². The fraction of sp³-hybridized carbons (Fsp3) is 1.00. The number of hydrogen-bond acceptors (Lipinski definition) is 2. The lowest BCUT2D eigenvalue weighted by Gasteiger charge is -2.26. The Morgan fingerprint density at radius 3 is 2.79 bits per heavy atom. The molecule has 1 N–H and O–H groups in total. The third kappa shape index (κ3) is 3.97. The largest absolute Gasteiger partial charge is 0.393 e. The highest BCUT2D eigenvalue weighted by molar-refractivity contribution is 4.73. The molecule has 1 saturated carbocycles. The Hall–Kier alpha value is -0.0800. The molecule has 0 aromatic heterocycles. The van der Waals surface area contributed by atoms with E-state index in [9.17, 15) is 5.11 Å². The highest BCUT2D eigenvalue weighted by Gasteiger charge is 2.20. The summed E-state index contributed by atoms with van der Waals surface area (Å²) in [6.07, 6.45) is 8.41. The molecule has 0 spiro atoms. The Kier molecular flexibility index (Phi) is 5.49. The van der Waals surface area contributed by atoms with E-state index in [1.54, 1.807) is 7.11 Å². The second-order valence-corrected chi connectivity index (χ2v) is 4.53.